The first-order chi connectivity index (χ1) is 14.3. The minimum Gasteiger partial charge on any atom is -0.494 e. The van der Waals surface area contributed by atoms with Crippen molar-refractivity contribution < 1.29 is 9.53 Å². The summed E-state index contributed by atoms with van der Waals surface area (Å²) >= 11 is 0. The number of ether oxygens (including phenoxy) is 1. The molecule has 29 heavy (non-hydrogen) atoms. The molecule has 0 N–H and O–H groups in total. The summed E-state index contributed by atoms with van der Waals surface area (Å²) < 4.78 is 5.77. The molecule has 0 radical (unpaired) electrons. The first kappa shape index (κ1) is 20.7. The lowest BCUT2D eigenvalue weighted by Crippen LogP contribution is -2.30. The van der Waals surface area contributed by atoms with Crippen LogP contribution in [0.3, 0.4) is 0 Å². The number of nitrogens with zero attached hydrogens (tertiary/aromatic N) is 1. The van der Waals surface area contributed by atoms with Gasteiger partial charge in [-0.15, -0.1) is 0 Å². The van der Waals surface area contributed by atoms with E-state index in [0.717, 1.165) is 29.9 Å². The van der Waals surface area contributed by atoms with Gasteiger partial charge in [-0.05, 0) is 41.8 Å². The molecule has 0 unspecified atom stereocenters. The van der Waals surface area contributed by atoms with Crippen LogP contribution in [0.1, 0.15) is 47.7 Å². The van der Waals surface area contributed by atoms with Crippen LogP contribution in [0.2, 0.25) is 0 Å². The summed E-state index contributed by atoms with van der Waals surface area (Å²) in [5.41, 5.74) is 2.91. The number of carbonyl (C=O) groups is 1. The number of carbonyl (C=O) groups excluding carboxylic acids is 1. The van der Waals surface area contributed by atoms with Crippen molar-refractivity contribution in [3.63, 3.8) is 0 Å². The third-order valence-corrected chi connectivity index (χ3v) is 4.84. The van der Waals surface area contributed by atoms with Crippen LogP contribution in [-0.4, -0.2) is 17.4 Å². The van der Waals surface area contributed by atoms with Crippen LogP contribution in [0.25, 0.3) is 0 Å². The molecule has 0 spiro atoms. The molecule has 0 aromatic heterocycles. The van der Waals surface area contributed by atoms with Crippen LogP contribution in [0.15, 0.2) is 84.9 Å². The Labute approximate surface area is 174 Å². The number of amides is 1. The van der Waals surface area contributed by atoms with Crippen LogP contribution < -0.4 is 4.74 Å². The minimum atomic E-state index is 0.0234. The molecule has 0 saturated carbocycles. The molecule has 1 amide bonds. The van der Waals surface area contributed by atoms with Crippen molar-refractivity contribution in [1.29, 1.82) is 0 Å². The van der Waals surface area contributed by atoms with Crippen molar-refractivity contribution in [2.75, 3.05) is 6.61 Å². The zero-order chi connectivity index (χ0) is 20.3. The van der Waals surface area contributed by atoms with E-state index < -0.39 is 0 Å². The fourth-order valence-electron chi connectivity index (χ4n) is 3.23. The van der Waals surface area contributed by atoms with Crippen molar-refractivity contribution in [3.05, 3.63) is 102 Å². The maximum Gasteiger partial charge on any atom is 0.254 e. The van der Waals surface area contributed by atoms with Gasteiger partial charge in [0.1, 0.15) is 5.75 Å². The Morgan fingerprint density at radius 1 is 0.759 bits per heavy atom. The molecule has 0 heterocycles. The predicted molar refractivity (Wildman–Crippen MR) is 118 cm³/mol. The highest BCUT2D eigenvalue weighted by Crippen LogP contribution is 2.18. The summed E-state index contributed by atoms with van der Waals surface area (Å²) in [6, 6.07) is 27.7. The summed E-state index contributed by atoms with van der Waals surface area (Å²) in [5.74, 6) is 0.838. The number of unbranched alkanes of at least 4 members (excludes halogenated alkanes) is 2. The molecule has 0 saturated heterocycles. The number of hydrogen-bond acceptors (Lipinski definition) is 2. The average molecular weight is 388 g/mol. The molecule has 0 fully saturated rings. The molecule has 3 aromatic rings. The highest BCUT2D eigenvalue weighted by molar-refractivity contribution is 5.94. The highest BCUT2D eigenvalue weighted by Gasteiger charge is 2.17. The first-order valence-corrected chi connectivity index (χ1v) is 10.4. The Kier molecular flexibility index (Phi) is 7.88. The second-order valence-electron chi connectivity index (χ2n) is 7.21. The van der Waals surface area contributed by atoms with E-state index in [1.807, 2.05) is 65.6 Å². The van der Waals surface area contributed by atoms with Crippen LogP contribution >= 0.6 is 0 Å². The van der Waals surface area contributed by atoms with E-state index in [2.05, 4.69) is 31.2 Å². The molecule has 0 bridgehead atoms. The van der Waals surface area contributed by atoms with Gasteiger partial charge in [0, 0.05) is 18.7 Å². The van der Waals surface area contributed by atoms with Gasteiger partial charge in [0.15, 0.2) is 0 Å². The second kappa shape index (κ2) is 11.1. The Morgan fingerprint density at radius 2 is 1.31 bits per heavy atom. The Bertz CT molecular complexity index is 819. The summed E-state index contributed by atoms with van der Waals surface area (Å²) in [5, 5.41) is 0. The molecule has 3 aromatic carbocycles. The molecular formula is C26H29NO2. The smallest absolute Gasteiger partial charge is 0.254 e. The molecule has 150 valence electrons. The van der Waals surface area contributed by atoms with Crippen molar-refractivity contribution in [3.8, 4) is 5.75 Å². The molecule has 3 rings (SSSR count). The summed E-state index contributed by atoms with van der Waals surface area (Å²) in [6.07, 6.45) is 3.40. The lowest BCUT2D eigenvalue weighted by molar-refractivity contribution is 0.0730. The Morgan fingerprint density at radius 3 is 1.83 bits per heavy atom. The van der Waals surface area contributed by atoms with Crippen LogP contribution in [0.4, 0.5) is 0 Å². The van der Waals surface area contributed by atoms with Gasteiger partial charge >= 0.3 is 0 Å². The zero-order valence-corrected chi connectivity index (χ0v) is 17.1. The van der Waals surface area contributed by atoms with E-state index in [1.165, 1.54) is 12.8 Å². The minimum absolute atomic E-state index is 0.0234. The SMILES string of the molecule is CCCCCOc1ccc(C(=O)N(Cc2ccccc2)Cc2ccccc2)cc1. The van der Waals surface area contributed by atoms with E-state index in [-0.39, 0.29) is 5.91 Å². The normalized spacial score (nSPS) is 10.5. The number of rotatable bonds is 10. The maximum absolute atomic E-state index is 13.2. The maximum atomic E-state index is 13.2. The summed E-state index contributed by atoms with van der Waals surface area (Å²) in [4.78, 5) is 15.1. The Hall–Kier alpha value is -3.07. The monoisotopic (exact) mass is 387 g/mol. The van der Waals surface area contributed by atoms with Crippen molar-refractivity contribution >= 4 is 5.91 Å². The zero-order valence-electron chi connectivity index (χ0n) is 17.1. The third kappa shape index (κ3) is 6.49. The quantitative estimate of drug-likeness (QED) is 0.394. The summed E-state index contributed by atoms with van der Waals surface area (Å²) in [6.45, 7) is 4.04. The van der Waals surface area contributed by atoms with Crippen LogP contribution in [0, 0.1) is 0 Å². The topological polar surface area (TPSA) is 29.5 Å². The van der Waals surface area contributed by atoms with Crippen molar-refractivity contribution in [1.82, 2.24) is 4.90 Å². The van der Waals surface area contributed by atoms with Crippen molar-refractivity contribution in [2.24, 2.45) is 0 Å². The molecule has 0 aliphatic heterocycles. The highest BCUT2D eigenvalue weighted by atomic mass is 16.5. The van der Waals surface area contributed by atoms with Gasteiger partial charge in [-0.25, -0.2) is 0 Å². The standard InChI is InChI=1S/C26H29NO2/c1-2-3-10-19-29-25-17-15-24(16-18-25)26(28)27(20-22-11-6-4-7-12-22)21-23-13-8-5-9-14-23/h4-9,11-18H,2-3,10,19-21H2,1H3. The lowest BCUT2D eigenvalue weighted by atomic mass is 10.1. The second-order valence-corrected chi connectivity index (χ2v) is 7.21. The first-order valence-electron chi connectivity index (χ1n) is 10.4. The fourth-order valence-corrected chi connectivity index (χ4v) is 3.23. The van der Waals surface area contributed by atoms with E-state index >= 15 is 0 Å². The predicted octanol–water partition coefficient (Wildman–Crippen LogP) is 6.10. The van der Waals surface area contributed by atoms with Gasteiger partial charge in [0.05, 0.1) is 6.61 Å². The van der Waals surface area contributed by atoms with Crippen molar-refractivity contribution in [2.45, 2.75) is 39.3 Å². The molecule has 3 nitrogen and oxygen atoms in total. The fraction of sp³-hybridized carbons (Fsp3) is 0.269. The van der Waals surface area contributed by atoms with E-state index in [1.54, 1.807) is 0 Å². The summed E-state index contributed by atoms with van der Waals surface area (Å²) in [7, 11) is 0. The molecule has 3 heteroatoms. The third-order valence-electron chi connectivity index (χ3n) is 4.84. The van der Waals surface area contributed by atoms with Gasteiger partial charge < -0.3 is 9.64 Å². The van der Waals surface area contributed by atoms with Gasteiger partial charge in [-0.3, -0.25) is 4.79 Å². The van der Waals surface area contributed by atoms with E-state index in [4.69, 9.17) is 4.74 Å². The average Bonchev–Trinajstić information content (AvgIpc) is 2.78. The Balaban J connectivity index is 1.71. The lowest BCUT2D eigenvalue weighted by Gasteiger charge is -2.23. The van der Waals surface area contributed by atoms with Crippen LogP contribution in [0.5, 0.6) is 5.75 Å². The largest absolute Gasteiger partial charge is 0.494 e. The molecule has 0 aliphatic rings. The van der Waals surface area contributed by atoms with Gasteiger partial charge in [-0.2, -0.15) is 0 Å². The van der Waals surface area contributed by atoms with E-state index in [9.17, 15) is 4.79 Å². The molecular weight excluding hydrogens is 358 g/mol. The van der Waals surface area contributed by atoms with Gasteiger partial charge in [-0.1, -0.05) is 80.4 Å². The van der Waals surface area contributed by atoms with Gasteiger partial charge in [0.25, 0.3) is 5.91 Å². The number of benzene rings is 3. The van der Waals surface area contributed by atoms with Crippen LogP contribution in [-0.2, 0) is 13.1 Å². The van der Waals surface area contributed by atoms with E-state index in [0.29, 0.717) is 18.7 Å². The molecule has 0 atom stereocenters. The van der Waals surface area contributed by atoms with Gasteiger partial charge in [0.2, 0.25) is 0 Å². The number of hydrogen-bond donors (Lipinski definition) is 0. The molecule has 0 aliphatic carbocycles.